The van der Waals surface area contributed by atoms with E-state index in [-0.39, 0.29) is 28.8 Å². The van der Waals surface area contributed by atoms with Crippen molar-refractivity contribution in [3.05, 3.63) is 64.4 Å². The highest BCUT2D eigenvalue weighted by atomic mass is 35.5. The lowest BCUT2D eigenvalue weighted by Gasteiger charge is -2.21. The summed E-state index contributed by atoms with van der Waals surface area (Å²) in [6.07, 6.45) is 0.171. The molecule has 1 N–H and O–H groups in total. The molecule has 1 heterocycles. The van der Waals surface area contributed by atoms with E-state index in [1.54, 1.807) is 25.1 Å². The molecular formula is C21H18ClF3N2O4. The molecule has 6 nitrogen and oxygen atoms in total. The molecule has 0 fully saturated rings. The number of benzene rings is 2. The molecule has 1 aliphatic heterocycles. The quantitative estimate of drug-likeness (QED) is 0.636. The fourth-order valence-corrected chi connectivity index (χ4v) is 3.16. The Morgan fingerprint density at radius 2 is 1.97 bits per heavy atom. The number of alkyl halides is 2. The van der Waals surface area contributed by atoms with E-state index in [1.807, 2.05) is 0 Å². The zero-order chi connectivity index (χ0) is 22.6. The van der Waals surface area contributed by atoms with Gasteiger partial charge in [0.25, 0.3) is 0 Å². The molecule has 1 amide bonds. The Kier molecular flexibility index (Phi) is 6.84. The number of ether oxygens (including phenoxy) is 2. The number of rotatable bonds is 7. The van der Waals surface area contributed by atoms with Crippen LogP contribution in [0.1, 0.15) is 29.3 Å². The Morgan fingerprint density at radius 1 is 1.26 bits per heavy atom. The minimum atomic E-state index is -3.58. The summed E-state index contributed by atoms with van der Waals surface area (Å²) in [7, 11) is 0. The van der Waals surface area contributed by atoms with Crippen LogP contribution >= 0.6 is 11.6 Å². The SMILES string of the molecule is CC1CC(=O)NN=C1c1cc(F)c(OCC(F)(F)COC(=O)c2ccccc2)c(Cl)c1. The molecule has 0 saturated heterocycles. The maximum Gasteiger partial charge on any atom is 0.338 e. The van der Waals surface area contributed by atoms with E-state index in [1.165, 1.54) is 18.2 Å². The lowest BCUT2D eigenvalue weighted by molar-refractivity contribution is -0.121. The van der Waals surface area contributed by atoms with Crippen molar-refractivity contribution in [2.75, 3.05) is 13.2 Å². The molecule has 2 aromatic carbocycles. The van der Waals surface area contributed by atoms with Crippen molar-refractivity contribution < 1.29 is 32.2 Å². The average Bonchev–Trinajstić information content (AvgIpc) is 2.72. The number of esters is 1. The van der Waals surface area contributed by atoms with Gasteiger partial charge in [-0.2, -0.15) is 13.9 Å². The van der Waals surface area contributed by atoms with Crippen molar-refractivity contribution in [3.63, 3.8) is 0 Å². The first kappa shape index (κ1) is 22.6. The maximum absolute atomic E-state index is 14.5. The van der Waals surface area contributed by atoms with Gasteiger partial charge in [0, 0.05) is 17.9 Å². The van der Waals surface area contributed by atoms with Gasteiger partial charge >= 0.3 is 11.9 Å². The number of hydrogen-bond acceptors (Lipinski definition) is 5. The number of hydrazone groups is 1. The first-order valence-corrected chi connectivity index (χ1v) is 9.63. The third-order valence-electron chi connectivity index (χ3n) is 4.41. The predicted octanol–water partition coefficient (Wildman–Crippen LogP) is 4.21. The first-order chi connectivity index (χ1) is 14.7. The Balaban J connectivity index is 1.64. The minimum Gasteiger partial charge on any atom is -0.483 e. The van der Waals surface area contributed by atoms with Gasteiger partial charge in [0.2, 0.25) is 5.91 Å². The summed E-state index contributed by atoms with van der Waals surface area (Å²) in [4.78, 5) is 23.1. The standard InChI is InChI=1S/C21H18ClF3N2O4/c1-12-7-17(28)26-27-18(12)14-8-15(22)19(16(23)9-14)30-10-21(24,25)11-31-20(29)13-5-3-2-4-6-13/h2-6,8-9,12H,7,10-11H2,1H3,(H,26,28). The number of amides is 1. The second kappa shape index (κ2) is 9.38. The van der Waals surface area contributed by atoms with E-state index in [0.717, 1.165) is 6.07 Å². The molecule has 0 aromatic heterocycles. The van der Waals surface area contributed by atoms with Gasteiger partial charge in [-0.3, -0.25) is 4.79 Å². The molecule has 1 unspecified atom stereocenters. The van der Waals surface area contributed by atoms with Crippen LogP contribution in [0.2, 0.25) is 5.02 Å². The number of nitrogens with one attached hydrogen (secondary N) is 1. The number of halogens is 4. The first-order valence-electron chi connectivity index (χ1n) is 9.25. The number of carbonyl (C=O) groups is 2. The Hall–Kier alpha value is -3.07. The van der Waals surface area contributed by atoms with Crippen molar-refractivity contribution in [1.29, 1.82) is 0 Å². The molecule has 0 aliphatic carbocycles. The third-order valence-corrected chi connectivity index (χ3v) is 4.69. The van der Waals surface area contributed by atoms with Crippen molar-refractivity contribution in [1.82, 2.24) is 5.43 Å². The normalized spacial score (nSPS) is 16.4. The van der Waals surface area contributed by atoms with E-state index in [0.29, 0.717) is 11.3 Å². The van der Waals surface area contributed by atoms with Crippen LogP contribution in [0, 0.1) is 11.7 Å². The van der Waals surface area contributed by atoms with Gasteiger partial charge in [0.05, 0.1) is 16.3 Å². The molecule has 31 heavy (non-hydrogen) atoms. The zero-order valence-electron chi connectivity index (χ0n) is 16.3. The highest BCUT2D eigenvalue weighted by Crippen LogP contribution is 2.32. The van der Waals surface area contributed by atoms with Crippen LogP contribution in [0.4, 0.5) is 13.2 Å². The fourth-order valence-electron chi connectivity index (χ4n) is 2.90. The van der Waals surface area contributed by atoms with Gasteiger partial charge in [0.15, 0.2) is 24.8 Å². The van der Waals surface area contributed by atoms with Gasteiger partial charge in [-0.1, -0.05) is 36.7 Å². The average molecular weight is 455 g/mol. The molecule has 10 heteroatoms. The second-order valence-corrected chi connectivity index (χ2v) is 7.40. The summed E-state index contributed by atoms with van der Waals surface area (Å²) < 4.78 is 52.2. The van der Waals surface area contributed by atoms with Crippen molar-refractivity contribution in [2.45, 2.75) is 19.3 Å². The largest absolute Gasteiger partial charge is 0.483 e. The van der Waals surface area contributed by atoms with Gasteiger partial charge < -0.3 is 9.47 Å². The summed E-state index contributed by atoms with van der Waals surface area (Å²) in [5, 5.41) is 3.67. The summed E-state index contributed by atoms with van der Waals surface area (Å²) in [6.45, 7) is -0.754. The lowest BCUT2D eigenvalue weighted by atomic mass is 9.94. The molecule has 3 rings (SSSR count). The molecule has 1 atom stereocenters. The number of hydrogen-bond donors (Lipinski definition) is 1. The topological polar surface area (TPSA) is 77.0 Å². The van der Waals surface area contributed by atoms with Gasteiger partial charge in [-0.25, -0.2) is 14.6 Å². The van der Waals surface area contributed by atoms with Gasteiger partial charge in [-0.05, 0) is 24.3 Å². The molecule has 0 radical (unpaired) electrons. The Labute approximate surface area is 181 Å². The molecule has 0 spiro atoms. The van der Waals surface area contributed by atoms with E-state index < -0.39 is 36.7 Å². The van der Waals surface area contributed by atoms with Crippen molar-refractivity contribution >= 4 is 29.2 Å². The Morgan fingerprint density at radius 3 is 2.61 bits per heavy atom. The van der Waals surface area contributed by atoms with E-state index in [9.17, 15) is 22.8 Å². The summed E-state index contributed by atoms with van der Waals surface area (Å²) in [5.41, 5.74) is 3.14. The summed E-state index contributed by atoms with van der Waals surface area (Å²) >= 11 is 6.03. The van der Waals surface area contributed by atoms with Crippen LogP contribution in [0.15, 0.2) is 47.6 Å². The fraction of sp³-hybridized carbons (Fsp3) is 0.286. The second-order valence-electron chi connectivity index (χ2n) is 6.99. The van der Waals surface area contributed by atoms with Crippen LogP contribution in [-0.2, 0) is 9.53 Å². The van der Waals surface area contributed by atoms with E-state index in [2.05, 4.69) is 15.3 Å². The van der Waals surface area contributed by atoms with E-state index in [4.69, 9.17) is 16.3 Å². The number of carbonyl (C=O) groups excluding carboxylic acids is 2. The predicted molar refractivity (Wildman–Crippen MR) is 107 cm³/mol. The summed E-state index contributed by atoms with van der Waals surface area (Å²) in [6, 6.07) is 10.0. The highest BCUT2D eigenvalue weighted by Gasteiger charge is 2.33. The monoisotopic (exact) mass is 454 g/mol. The van der Waals surface area contributed by atoms with Gasteiger partial charge in [0.1, 0.15) is 0 Å². The maximum atomic E-state index is 14.5. The molecule has 2 aromatic rings. The van der Waals surface area contributed by atoms with Gasteiger partial charge in [-0.15, -0.1) is 0 Å². The zero-order valence-corrected chi connectivity index (χ0v) is 17.1. The lowest BCUT2D eigenvalue weighted by Crippen LogP contribution is -2.33. The van der Waals surface area contributed by atoms with Crippen molar-refractivity contribution in [3.8, 4) is 5.75 Å². The van der Waals surface area contributed by atoms with Crippen LogP contribution in [0.5, 0.6) is 5.75 Å². The van der Waals surface area contributed by atoms with E-state index >= 15 is 0 Å². The van der Waals surface area contributed by atoms with Crippen molar-refractivity contribution in [2.24, 2.45) is 11.0 Å². The third kappa shape index (κ3) is 5.75. The molecule has 0 bridgehead atoms. The molecule has 1 aliphatic rings. The smallest absolute Gasteiger partial charge is 0.338 e. The minimum absolute atomic E-state index is 0.125. The highest BCUT2D eigenvalue weighted by molar-refractivity contribution is 6.32. The van der Waals surface area contributed by atoms with Crippen LogP contribution in [0.25, 0.3) is 0 Å². The van der Waals surface area contributed by atoms with Crippen LogP contribution in [0.3, 0.4) is 0 Å². The van der Waals surface area contributed by atoms with Crippen LogP contribution < -0.4 is 10.2 Å². The molecular weight excluding hydrogens is 437 g/mol. The Bertz CT molecular complexity index is 992. The molecule has 0 saturated carbocycles. The summed E-state index contributed by atoms with van der Waals surface area (Å²) in [5.74, 6) is -6.56. The number of nitrogens with zero attached hydrogens (tertiary/aromatic N) is 1. The van der Waals surface area contributed by atoms with Crippen LogP contribution in [-0.4, -0.2) is 36.7 Å². The molecule has 164 valence electrons.